The summed E-state index contributed by atoms with van der Waals surface area (Å²) in [4.78, 5) is 23.7. The zero-order valence-corrected chi connectivity index (χ0v) is 12.8. The Morgan fingerprint density at radius 2 is 2.32 bits per heavy atom. The Balaban J connectivity index is 1.58. The second kappa shape index (κ2) is 6.36. The van der Waals surface area contributed by atoms with E-state index in [2.05, 4.69) is 15.5 Å². The fourth-order valence-corrected chi connectivity index (χ4v) is 2.97. The van der Waals surface area contributed by atoms with E-state index in [1.54, 1.807) is 16.7 Å². The molecule has 1 amide bonds. The molecule has 0 bridgehead atoms. The van der Waals surface area contributed by atoms with E-state index >= 15 is 0 Å². The van der Waals surface area contributed by atoms with Crippen LogP contribution in [-0.2, 0) is 24.2 Å². The number of nitrogens with zero attached hydrogens (tertiary/aromatic N) is 2. The average Bonchev–Trinajstić information content (AvgIpc) is 2.70. The van der Waals surface area contributed by atoms with Gasteiger partial charge in [0.15, 0.2) is 0 Å². The number of H-pyrrole nitrogens is 1. The summed E-state index contributed by atoms with van der Waals surface area (Å²) in [6, 6.07) is 7.36. The molecule has 2 heterocycles. The number of hydrogen-bond donors (Lipinski definition) is 2. The lowest BCUT2D eigenvalue weighted by atomic mass is 10.1. The molecule has 1 unspecified atom stereocenters. The van der Waals surface area contributed by atoms with E-state index in [4.69, 9.17) is 11.6 Å². The van der Waals surface area contributed by atoms with E-state index in [1.165, 1.54) is 0 Å². The van der Waals surface area contributed by atoms with Crippen LogP contribution in [0, 0.1) is 0 Å². The summed E-state index contributed by atoms with van der Waals surface area (Å²) in [6.45, 7) is 0.576. The Labute approximate surface area is 132 Å². The number of halogens is 1. The minimum atomic E-state index is -0.180. The van der Waals surface area contributed by atoms with Gasteiger partial charge in [-0.1, -0.05) is 23.7 Å². The Bertz CT molecular complexity index is 737. The van der Waals surface area contributed by atoms with E-state index in [1.807, 2.05) is 12.1 Å². The van der Waals surface area contributed by atoms with Gasteiger partial charge in [0, 0.05) is 24.0 Å². The van der Waals surface area contributed by atoms with Gasteiger partial charge in [-0.3, -0.25) is 9.36 Å². The van der Waals surface area contributed by atoms with Crippen molar-refractivity contribution in [1.82, 2.24) is 20.1 Å². The summed E-state index contributed by atoms with van der Waals surface area (Å²) >= 11 is 5.92. The first-order valence-corrected chi connectivity index (χ1v) is 7.67. The maximum Gasteiger partial charge on any atom is 0.343 e. The van der Waals surface area contributed by atoms with Crippen molar-refractivity contribution in [3.8, 4) is 0 Å². The monoisotopic (exact) mass is 320 g/mol. The van der Waals surface area contributed by atoms with Gasteiger partial charge in [0.2, 0.25) is 5.91 Å². The number of fused-ring (bicyclic) bond motifs is 1. The van der Waals surface area contributed by atoms with Crippen LogP contribution >= 0.6 is 11.6 Å². The molecule has 6 nitrogen and oxygen atoms in total. The molecule has 0 aliphatic carbocycles. The summed E-state index contributed by atoms with van der Waals surface area (Å²) < 4.78 is 1.64. The minimum Gasteiger partial charge on any atom is -0.353 e. The highest BCUT2D eigenvalue weighted by Crippen LogP contribution is 2.13. The number of carbonyl (C=O) groups excluding carboxylic acids is 1. The van der Waals surface area contributed by atoms with Crippen molar-refractivity contribution in [2.75, 3.05) is 0 Å². The fourth-order valence-electron chi connectivity index (χ4n) is 2.76. The highest BCUT2D eigenvalue weighted by Gasteiger charge is 2.20. The average molecular weight is 321 g/mol. The standard InChI is InChI=1S/C15H17ClN4O2/c16-11-3-1-2-10(8-11)9-14(21)17-12-4-5-13-18-19-15(22)20(13)7-6-12/h1-3,8,12H,4-7,9H2,(H,17,21)(H,19,22). The molecule has 1 aliphatic heterocycles. The number of nitrogens with one attached hydrogen (secondary N) is 2. The lowest BCUT2D eigenvalue weighted by Crippen LogP contribution is -2.36. The Morgan fingerprint density at radius 1 is 1.45 bits per heavy atom. The zero-order chi connectivity index (χ0) is 15.5. The molecule has 1 aromatic heterocycles. The van der Waals surface area contributed by atoms with E-state index in [0.29, 0.717) is 24.4 Å². The van der Waals surface area contributed by atoms with Gasteiger partial charge in [-0.2, -0.15) is 5.10 Å². The summed E-state index contributed by atoms with van der Waals surface area (Å²) in [5.41, 5.74) is 0.712. The molecule has 1 aliphatic rings. The molecule has 0 saturated heterocycles. The Morgan fingerprint density at radius 3 is 3.14 bits per heavy atom. The summed E-state index contributed by atoms with van der Waals surface area (Å²) in [7, 11) is 0. The van der Waals surface area contributed by atoms with Gasteiger partial charge in [0.25, 0.3) is 0 Å². The van der Waals surface area contributed by atoms with Crippen LogP contribution in [0.15, 0.2) is 29.1 Å². The van der Waals surface area contributed by atoms with Crippen LogP contribution in [0.5, 0.6) is 0 Å². The van der Waals surface area contributed by atoms with E-state index < -0.39 is 0 Å². The van der Waals surface area contributed by atoms with Crippen LogP contribution in [0.2, 0.25) is 5.02 Å². The number of amides is 1. The Kier molecular flexibility index (Phi) is 4.29. The molecule has 0 saturated carbocycles. The fraction of sp³-hybridized carbons (Fsp3) is 0.400. The molecular weight excluding hydrogens is 304 g/mol. The number of hydrogen-bond acceptors (Lipinski definition) is 3. The number of rotatable bonds is 3. The second-order valence-corrected chi connectivity index (χ2v) is 5.93. The lowest BCUT2D eigenvalue weighted by molar-refractivity contribution is -0.121. The quantitative estimate of drug-likeness (QED) is 0.894. The molecule has 3 rings (SSSR count). The first kappa shape index (κ1) is 14.8. The topological polar surface area (TPSA) is 79.8 Å². The normalized spacial score (nSPS) is 17.6. The highest BCUT2D eigenvalue weighted by atomic mass is 35.5. The lowest BCUT2D eigenvalue weighted by Gasteiger charge is -2.16. The summed E-state index contributed by atoms with van der Waals surface area (Å²) in [6.07, 6.45) is 2.50. The molecule has 2 aromatic rings. The zero-order valence-electron chi connectivity index (χ0n) is 12.0. The SMILES string of the molecule is O=C(Cc1cccc(Cl)c1)NC1CCc2n[nH]c(=O)n2CC1. The number of aromatic nitrogens is 3. The maximum atomic E-state index is 12.1. The molecule has 1 aromatic carbocycles. The third kappa shape index (κ3) is 3.39. The molecule has 0 spiro atoms. The first-order chi connectivity index (χ1) is 10.6. The summed E-state index contributed by atoms with van der Waals surface area (Å²) in [5, 5.41) is 10.1. The minimum absolute atomic E-state index is 0.0271. The van der Waals surface area contributed by atoms with Crippen LogP contribution < -0.4 is 11.0 Å². The number of aromatic amines is 1. The van der Waals surface area contributed by atoms with Crippen molar-refractivity contribution in [3.63, 3.8) is 0 Å². The second-order valence-electron chi connectivity index (χ2n) is 5.50. The van der Waals surface area contributed by atoms with Crippen molar-refractivity contribution in [3.05, 3.63) is 51.2 Å². The van der Waals surface area contributed by atoms with Crippen LogP contribution in [0.4, 0.5) is 0 Å². The van der Waals surface area contributed by atoms with Crippen molar-refractivity contribution in [2.24, 2.45) is 0 Å². The maximum absolute atomic E-state index is 12.1. The molecule has 0 fully saturated rings. The molecule has 22 heavy (non-hydrogen) atoms. The smallest absolute Gasteiger partial charge is 0.343 e. The molecule has 0 radical (unpaired) electrons. The van der Waals surface area contributed by atoms with Gasteiger partial charge in [-0.15, -0.1) is 0 Å². The van der Waals surface area contributed by atoms with E-state index in [9.17, 15) is 9.59 Å². The van der Waals surface area contributed by atoms with E-state index in [-0.39, 0.29) is 17.6 Å². The van der Waals surface area contributed by atoms with Crippen molar-refractivity contribution >= 4 is 17.5 Å². The van der Waals surface area contributed by atoms with Crippen LogP contribution in [0.3, 0.4) is 0 Å². The number of benzene rings is 1. The molecular formula is C15H17ClN4O2. The van der Waals surface area contributed by atoms with Crippen LogP contribution in [0.1, 0.15) is 24.2 Å². The molecule has 7 heteroatoms. The van der Waals surface area contributed by atoms with Crippen LogP contribution in [0.25, 0.3) is 0 Å². The third-order valence-corrected chi connectivity index (χ3v) is 4.11. The number of aryl methyl sites for hydroxylation is 1. The van der Waals surface area contributed by atoms with Gasteiger partial charge < -0.3 is 5.32 Å². The Hall–Kier alpha value is -2.08. The molecule has 2 N–H and O–H groups in total. The molecule has 1 atom stereocenters. The number of carbonyl (C=O) groups is 1. The highest BCUT2D eigenvalue weighted by molar-refractivity contribution is 6.30. The third-order valence-electron chi connectivity index (χ3n) is 3.87. The van der Waals surface area contributed by atoms with Crippen molar-refractivity contribution < 1.29 is 4.79 Å². The predicted molar refractivity (Wildman–Crippen MR) is 82.9 cm³/mol. The van der Waals surface area contributed by atoms with Gasteiger partial charge in [-0.05, 0) is 30.5 Å². The summed E-state index contributed by atoms with van der Waals surface area (Å²) in [5.74, 6) is 0.734. The van der Waals surface area contributed by atoms with E-state index in [0.717, 1.165) is 24.2 Å². The largest absolute Gasteiger partial charge is 0.353 e. The van der Waals surface area contributed by atoms with Gasteiger partial charge in [0.05, 0.1) is 6.42 Å². The van der Waals surface area contributed by atoms with Crippen molar-refractivity contribution in [1.29, 1.82) is 0 Å². The van der Waals surface area contributed by atoms with Gasteiger partial charge in [-0.25, -0.2) is 9.89 Å². The predicted octanol–water partition coefficient (Wildman–Crippen LogP) is 1.29. The first-order valence-electron chi connectivity index (χ1n) is 7.30. The van der Waals surface area contributed by atoms with Gasteiger partial charge >= 0.3 is 5.69 Å². The van der Waals surface area contributed by atoms with Gasteiger partial charge in [0.1, 0.15) is 5.82 Å². The van der Waals surface area contributed by atoms with Crippen molar-refractivity contribution in [2.45, 2.75) is 38.3 Å². The molecule has 116 valence electrons. The van der Waals surface area contributed by atoms with Crippen LogP contribution in [-0.4, -0.2) is 26.7 Å².